The molecule has 1 saturated heterocycles. The van der Waals surface area contributed by atoms with Crippen LogP contribution in [0, 0.1) is 5.95 Å². The van der Waals surface area contributed by atoms with E-state index in [9.17, 15) is 23.6 Å². The highest BCUT2D eigenvalue weighted by molar-refractivity contribution is 6.07. The normalized spacial score (nSPS) is 18.4. The summed E-state index contributed by atoms with van der Waals surface area (Å²) in [5, 5.41) is 4.92. The minimum Gasteiger partial charge on any atom is -0.346 e. The summed E-state index contributed by atoms with van der Waals surface area (Å²) in [6.07, 6.45) is 0.404. The number of hydrogen-bond donors (Lipinski definition) is 2. The molecule has 2 aliphatic rings. The van der Waals surface area contributed by atoms with Crippen LogP contribution in [0.1, 0.15) is 44.8 Å². The first kappa shape index (κ1) is 18.7. The number of imide groups is 1. The molecule has 0 spiro atoms. The Labute approximate surface area is 165 Å². The Hall–Kier alpha value is -3.62. The van der Waals surface area contributed by atoms with Gasteiger partial charge in [0.15, 0.2) is 0 Å². The Morgan fingerprint density at radius 3 is 2.76 bits per heavy atom. The minimum absolute atomic E-state index is 0.0328. The molecule has 3 heterocycles. The molecule has 9 heteroatoms. The Balaban J connectivity index is 1.52. The zero-order valence-electron chi connectivity index (χ0n) is 15.3. The van der Waals surface area contributed by atoms with Gasteiger partial charge in [0.25, 0.3) is 11.8 Å². The molecular weight excluding hydrogens is 379 g/mol. The Morgan fingerprint density at radius 1 is 1.21 bits per heavy atom. The molecule has 29 heavy (non-hydrogen) atoms. The summed E-state index contributed by atoms with van der Waals surface area (Å²) in [6.45, 7) is 0.132. The number of halogens is 1. The molecule has 0 radical (unpaired) electrons. The van der Waals surface area contributed by atoms with Crippen molar-refractivity contribution in [3.63, 3.8) is 0 Å². The fourth-order valence-corrected chi connectivity index (χ4v) is 3.61. The van der Waals surface area contributed by atoms with Crippen LogP contribution in [-0.4, -0.2) is 39.6 Å². The van der Waals surface area contributed by atoms with Crippen LogP contribution in [0.25, 0.3) is 0 Å². The maximum Gasteiger partial charge on any atom is 0.255 e. The first-order valence-corrected chi connectivity index (χ1v) is 9.10. The summed E-state index contributed by atoms with van der Waals surface area (Å²) >= 11 is 0. The summed E-state index contributed by atoms with van der Waals surface area (Å²) in [5.74, 6) is -2.28. The van der Waals surface area contributed by atoms with Crippen molar-refractivity contribution in [3.8, 4) is 0 Å². The highest BCUT2D eigenvalue weighted by atomic mass is 19.1. The number of rotatable bonds is 4. The van der Waals surface area contributed by atoms with Gasteiger partial charge < -0.3 is 10.2 Å². The van der Waals surface area contributed by atoms with Gasteiger partial charge in [0, 0.05) is 24.1 Å². The second-order valence-corrected chi connectivity index (χ2v) is 6.87. The van der Waals surface area contributed by atoms with Crippen molar-refractivity contribution in [2.45, 2.75) is 32.0 Å². The number of nitrogens with one attached hydrogen (secondary N) is 2. The van der Waals surface area contributed by atoms with Crippen molar-refractivity contribution in [1.29, 1.82) is 0 Å². The average Bonchev–Trinajstić information content (AvgIpc) is 3.03. The van der Waals surface area contributed by atoms with Gasteiger partial charge >= 0.3 is 0 Å². The predicted molar refractivity (Wildman–Crippen MR) is 97.9 cm³/mol. The second kappa shape index (κ2) is 7.42. The number of benzene rings is 1. The third kappa shape index (κ3) is 3.58. The average molecular weight is 396 g/mol. The summed E-state index contributed by atoms with van der Waals surface area (Å²) in [4.78, 5) is 54.1. The Kier molecular flexibility index (Phi) is 4.79. The molecule has 0 aliphatic carbocycles. The van der Waals surface area contributed by atoms with Crippen LogP contribution in [0.15, 0.2) is 36.4 Å². The first-order chi connectivity index (χ1) is 13.9. The van der Waals surface area contributed by atoms with E-state index in [1.807, 2.05) is 0 Å². The lowest BCUT2D eigenvalue weighted by molar-refractivity contribution is -0.136. The van der Waals surface area contributed by atoms with Gasteiger partial charge in [-0.2, -0.15) is 4.39 Å². The summed E-state index contributed by atoms with van der Waals surface area (Å²) in [7, 11) is 0. The van der Waals surface area contributed by atoms with Gasteiger partial charge in [-0.05, 0) is 36.2 Å². The molecule has 1 atom stereocenters. The van der Waals surface area contributed by atoms with Gasteiger partial charge in [-0.3, -0.25) is 24.5 Å². The van der Waals surface area contributed by atoms with E-state index >= 15 is 0 Å². The Bertz CT molecular complexity index is 1040. The molecule has 1 aromatic heterocycles. The standard InChI is InChI=1S/C20H17FN4O4/c21-16-6-1-3-11(23-16)9-22-18(27)12-4-2-5-13-14(12)10-25(20(13)29)15-7-8-17(26)24-19(15)28/h1-6,15H,7-10H2,(H,22,27)(H,24,26,28). The quantitative estimate of drug-likeness (QED) is 0.590. The van der Waals surface area contributed by atoms with Gasteiger partial charge in [0.05, 0.1) is 12.2 Å². The number of hydrogen-bond acceptors (Lipinski definition) is 5. The topological polar surface area (TPSA) is 108 Å². The largest absolute Gasteiger partial charge is 0.346 e. The third-order valence-electron chi connectivity index (χ3n) is 5.03. The lowest BCUT2D eigenvalue weighted by Gasteiger charge is -2.29. The zero-order valence-corrected chi connectivity index (χ0v) is 15.3. The SMILES string of the molecule is O=C1CCC(N2Cc3c(C(=O)NCc4cccc(F)n4)cccc3C2=O)C(=O)N1. The lowest BCUT2D eigenvalue weighted by Crippen LogP contribution is -2.52. The van der Waals surface area contributed by atoms with Gasteiger partial charge in [-0.25, -0.2) is 4.98 Å². The van der Waals surface area contributed by atoms with E-state index in [0.29, 0.717) is 22.4 Å². The van der Waals surface area contributed by atoms with Gasteiger partial charge in [0.1, 0.15) is 6.04 Å². The van der Waals surface area contributed by atoms with Crippen LogP contribution in [0.2, 0.25) is 0 Å². The number of amides is 4. The van der Waals surface area contributed by atoms with Gasteiger partial charge in [-0.1, -0.05) is 12.1 Å². The molecule has 4 rings (SSSR count). The van der Waals surface area contributed by atoms with Crippen molar-refractivity contribution in [1.82, 2.24) is 20.5 Å². The monoisotopic (exact) mass is 396 g/mol. The summed E-state index contributed by atoms with van der Waals surface area (Å²) in [5.41, 5.74) is 1.55. The maximum absolute atomic E-state index is 13.2. The van der Waals surface area contributed by atoms with Crippen molar-refractivity contribution >= 4 is 23.6 Å². The Morgan fingerprint density at radius 2 is 2.00 bits per heavy atom. The van der Waals surface area contributed by atoms with Crippen LogP contribution >= 0.6 is 0 Å². The highest BCUT2D eigenvalue weighted by Crippen LogP contribution is 2.29. The van der Waals surface area contributed by atoms with Crippen molar-refractivity contribution < 1.29 is 23.6 Å². The smallest absolute Gasteiger partial charge is 0.255 e. The molecule has 0 saturated carbocycles. The number of nitrogens with zero attached hydrogens (tertiary/aromatic N) is 2. The molecular formula is C20H17FN4O4. The van der Waals surface area contributed by atoms with Gasteiger partial charge in [-0.15, -0.1) is 0 Å². The number of carbonyl (C=O) groups is 4. The molecule has 1 fully saturated rings. The number of pyridine rings is 1. The van der Waals surface area contributed by atoms with E-state index < -0.39 is 23.8 Å². The number of carbonyl (C=O) groups excluding carboxylic acids is 4. The fraction of sp³-hybridized carbons (Fsp3) is 0.250. The molecule has 2 aliphatic heterocycles. The van der Waals surface area contributed by atoms with E-state index in [2.05, 4.69) is 15.6 Å². The molecule has 2 N–H and O–H groups in total. The van der Waals surface area contributed by atoms with E-state index in [4.69, 9.17) is 0 Å². The molecule has 1 aromatic carbocycles. The first-order valence-electron chi connectivity index (χ1n) is 9.10. The molecule has 1 unspecified atom stereocenters. The second-order valence-electron chi connectivity index (χ2n) is 6.87. The van der Waals surface area contributed by atoms with Crippen molar-refractivity contribution in [2.75, 3.05) is 0 Å². The zero-order chi connectivity index (χ0) is 20.5. The summed E-state index contributed by atoms with van der Waals surface area (Å²) in [6, 6.07) is 8.35. The van der Waals surface area contributed by atoms with E-state index in [1.54, 1.807) is 24.3 Å². The number of piperidine rings is 1. The van der Waals surface area contributed by atoms with E-state index in [1.165, 1.54) is 17.0 Å². The van der Waals surface area contributed by atoms with Crippen LogP contribution in [0.5, 0.6) is 0 Å². The minimum atomic E-state index is -0.750. The van der Waals surface area contributed by atoms with Crippen molar-refractivity contribution in [2.24, 2.45) is 0 Å². The third-order valence-corrected chi connectivity index (χ3v) is 5.03. The van der Waals surface area contributed by atoms with Crippen LogP contribution < -0.4 is 10.6 Å². The highest BCUT2D eigenvalue weighted by Gasteiger charge is 2.40. The summed E-state index contributed by atoms with van der Waals surface area (Å²) < 4.78 is 13.2. The van der Waals surface area contributed by atoms with E-state index in [-0.39, 0.29) is 37.7 Å². The van der Waals surface area contributed by atoms with Gasteiger partial charge in [0.2, 0.25) is 17.8 Å². The fourth-order valence-electron chi connectivity index (χ4n) is 3.61. The van der Waals surface area contributed by atoms with Crippen LogP contribution in [-0.2, 0) is 22.7 Å². The maximum atomic E-state index is 13.2. The number of fused-ring (bicyclic) bond motifs is 1. The molecule has 2 aromatic rings. The lowest BCUT2D eigenvalue weighted by atomic mass is 10.0. The predicted octanol–water partition coefficient (Wildman–Crippen LogP) is 0.912. The number of aromatic nitrogens is 1. The van der Waals surface area contributed by atoms with Crippen LogP contribution in [0.3, 0.4) is 0 Å². The molecule has 4 amide bonds. The molecule has 148 valence electrons. The van der Waals surface area contributed by atoms with Crippen molar-refractivity contribution in [3.05, 3.63) is 64.7 Å². The van der Waals surface area contributed by atoms with Crippen LogP contribution in [0.4, 0.5) is 4.39 Å². The molecule has 0 bridgehead atoms. The van der Waals surface area contributed by atoms with E-state index in [0.717, 1.165) is 0 Å². The molecule has 8 nitrogen and oxygen atoms in total.